The average Bonchev–Trinajstić information content (AvgIpc) is 3.10. The highest BCUT2D eigenvalue weighted by molar-refractivity contribution is 5.93. The van der Waals surface area contributed by atoms with E-state index in [4.69, 9.17) is 4.42 Å². The molecule has 1 amide bonds. The number of fused-ring (bicyclic) bond motifs is 1. The molecule has 5 rings (SSSR count). The van der Waals surface area contributed by atoms with Crippen molar-refractivity contribution in [3.05, 3.63) is 30.5 Å². The topological polar surface area (TPSA) is 87.0 Å². The Labute approximate surface area is 150 Å². The van der Waals surface area contributed by atoms with Crippen molar-refractivity contribution in [1.82, 2.24) is 20.1 Å². The molecule has 2 aliphatic rings. The maximum atomic E-state index is 12.4. The first-order valence-electron chi connectivity index (χ1n) is 9.14. The van der Waals surface area contributed by atoms with Crippen molar-refractivity contribution in [1.29, 1.82) is 0 Å². The summed E-state index contributed by atoms with van der Waals surface area (Å²) in [6.45, 7) is 1.92. The van der Waals surface area contributed by atoms with Gasteiger partial charge in [-0.1, -0.05) is 23.3 Å². The largest absolute Gasteiger partial charge is 0.403 e. The molecule has 2 fully saturated rings. The van der Waals surface area contributed by atoms with Gasteiger partial charge in [0.05, 0.1) is 12.1 Å². The minimum Gasteiger partial charge on any atom is -0.403 e. The summed E-state index contributed by atoms with van der Waals surface area (Å²) in [6.07, 6.45) is 6.82. The fourth-order valence-electron chi connectivity index (χ4n) is 3.82. The van der Waals surface area contributed by atoms with E-state index < -0.39 is 0 Å². The Morgan fingerprint density at radius 3 is 2.81 bits per heavy atom. The molecular formula is C19H21N5O2. The quantitative estimate of drug-likeness (QED) is 0.754. The molecule has 134 valence electrons. The molecule has 2 aromatic heterocycles. The van der Waals surface area contributed by atoms with Gasteiger partial charge in [-0.25, -0.2) is 0 Å². The highest BCUT2D eigenvalue weighted by Crippen LogP contribution is 2.53. The third-order valence-corrected chi connectivity index (χ3v) is 5.77. The summed E-state index contributed by atoms with van der Waals surface area (Å²) in [5.74, 6) is 0.526. The molecule has 7 nitrogen and oxygen atoms in total. The number of piperidine rings is 1. The van der Waals surface area contributed by atoms with E-state index in [2.05, 4.69) is 20.5 Å². The van der Waals surface area contributed by atoms with Crippen LogP contribution in [0.15, 0.2) is 34.9 Å². The molecule has 3 aromatic rings. The lowest BCUT2D eigenvalue weighted by molar-refractivity contribution is -0.130. The van der Waals surface area contributed by atoms with Gasteiger partial charge in [0.2, 0.25) is 5.91 Å². The van der Waals surface area contributed by atoms with Crippen molar-refractivity contribution in [2.75, 3.05) is 25.0 Å². The van der Waals surface area contributed by atoms with E-state index in [0.29, 0.717) is 11.3 Å². The van der Waals surface area contributed by atoms with Gasteiger partial charge in [0, 0.05) is 30.2 Å². The Bertz CT molecular complexity index is 946. The Hall–Kier alpha value is -2.83. The van der Waals surface area contributed by atoms with Crippen LogP contribution in [0.1, 0.15) is 25.7 Å². The van der Waals surface area contributed by atoms with Crippen molar-refractivity contribution in [3.8, 4) is 11.5 Å². The van der Waals surface area contributed by atoms with Gasteiger partial charge in [0.15, 0.2) is 0 Å². The highest BCUT2D eigenvalue weighted by Gasteiger charge is 2.44. The lowest BCUT2D eigenvalue weighted by Crippen LogP contribution is -2.41. The van der Waals surface area contributed by atoms with E-state index in [-0.39, 0.29) is 18.5 Å². The molecule has 0 radical (unpaired) electrons. The summed E-state index contributed by atoms with van der Waals surface area (Å²) in [4.78, 5) is 17.5. The molecule has 1 saturated heterocycles. The SMILES string of the molecule is O=C(CNc1nnc(-c2c[nH]c3ccccc23)o1)N1CCC2(CC1)CC2. The van der Waals surface area contributed by atoms with E-state index in [0.717, 1.165) is 42.4 Å². The zero-order valence-electron chi connectivity index (χ0n) is 14.5. The first-order chi connectivity index (χ1) is 12.7. The van der Waals surface area contributed by atoms with Gasteiger partial charge in [0.25, 0.3) is 5.89 Å². The van der Waals surface area contributed by atoms with Crippen LogP contribution in [0.4, 0.5) is 6.01 Å². The highest BCUT2D eigenvalue weighted by atomic mass is 16.4. The lowest BCUT2D eigenvalue weighted by atomic mass is 9.94. The number of likely N-dealkylation sites (tertiary alicyclic amines) is 1. The number of carbonyl (C=O) groups excluding carboxylic acids is 1. The van der Waals surface area contributed by atoms with E-state index in [1.54, 1.807) is 0 Å². The summed E-state index contributed by atoms with van der Waals surface area (Å²) in [6, 6.07) is 8.22. The van der Waals surface area contributed by atoms with Crippen molar-refractivity contribution in [3.63, 3.8) is 0 Å². The number of H-pyrrole nitrogens is 1. The molecule has 7 heteroatoms. The van der Waals surface area contributed by atoms with Crippen molar-refractivity contribution in [2.24, 2.45) is 5.41 Å². The Kier molecular flexibility index (Phi) is 3.48. The van der Waals surface area contributed by atoms with Crippen LogP contribution in [0.25, 0.3) is 22.4 Å². The normalized spacial score (nSPS) is 18.4. The molecule has 1 aliphatic carbocycles. The second-order valence-corrected chi connectivity index (χ2v) is 7.39. The van der Waals surface area contributed by atoms with Crippen LogP contribution in [-0.4, -0.2) is 45.6 Å². The minimum atomic E-state index is 0.0901. The molecule has 3 heterocycles. The Balaban J connectivity index is 1.22. The van der Waals surface area contributed by atoms with Gasteiger partial charge < -0.3 is 19.6 Å². The van der Waals surface area contributed by atoms with Crippen LogP contribution in [0.3, 0.4) is 0 Å². The zero-order valence-corrected chi connectivity index (χ0v) is 14.5. The van der Waals surface area contributed by atoms with Crippen molar-refractivity contribution < 1.29 is 9.21 Å². The Morgan fingerprint density at radius 1 is 1.19 bits per heavy atom. The summed E-state index contributed by atoms with van der Waals surface area (Å²) >= 11 is 0. The molecule has 1 aromatic carbocycles. The number of anilines is 1. The standard InChI is InChI=1S/C19H21N5O2/c25-16(24-9-7-19(5-6-19)8-10-24)12-21-18-23-22-17(26-18)14-11-20-15-4-2-1-3-13(14)15/h1-4,11,20H,5-10,12H2,(H,21,23). The molecule has 1 saturated carbocycles. The first-order valence-corrected chi connectivity index (χ1v) is 9.14. The Morgan fingerprint density at radius 2 is 2.00 bits per heavy atom. The maximum Gasteiger partial charge on any atom is 0.316 e. The zero-order chi connectivity index (χ0) is 17.6. The number of para-hydroxylation sites is 1. The van der Waals surface area contributed by atoms with Crippen LogP contribution >= 0.6 is 0 Å². The van der Waals surface area contributed by atoms with Gasteiger partial charge in [-0.05, 0) is 37.2 Å². The third kappa shape index (κ3) is 2.73. The predicted molar refractivity (Wildman–Crippen MR) is 97.6 cm³/mol. The van der Waals surface area contributed by atoms with Crippen LogP contribution in [0, 0.1) is 5.41 Å². The van der Waals surface area contributed by atoms with Crippen molar-refractivity contribution >= 4 is 22.8 Å². The van der Waals surface area contributed by atoms with Gasteiger partial charge in [-0.2, -0.15) is 0 Å². The minimum absolute atomic E-state index is 0.0901. The summed E-state index contributed by atoms with van der Waals surface area (Å²) in [5, 5.41) is 12.1. The number of hydrogen-bond acceptors (Lipinski definition) is 5. The average molecular weight is 351 g/mol. The van der Waals surface area contributed by atoms with Gasteiger partial charge >= 0.3 is 6.01 Å². The first kappa shape index (κ1) is 15.4. The van der Waals surface area contributed by atoms with E-state index >= 15 is 0 Å². The van der Waals surface area contributed by atoms with Crippen LogP contribution in [-0.2, 0) is 4.79 Å². The number of aromatic amines is 1. The molecule has 26 heavy (non-hydrogen) atoms. The fourth-order valence-corrected chi connectivity index (χ4v) is 3.82. The van der Waals surface area contributed by atoms with E-state index in [9.17, 15) is 4.79 Å². The summed E-state index contributed by atoms with van der Waals surface area (Å²) in [5.41, 5.74) is 2.45. The fraction of sp³-hybridized carbons (Fsp3) is 0.421. The van der Waals surface area contributed by atoms with Gasteiger partial charge in [-0.3, -0.25) is 4.79 Å². The number of rotatable bonds is 4. The molecule has 1 spiro atoms. The maximum absolute atomic E-state index is 12.4. The smallest absolute Gasteiger partial charge is 0.316 e. The number of nitrogens with zero attached hydrogens (tertiary/aromatic N) is 3. The molecule has 2 N–H and O–H groups in total. The van der Waals surface area contributed by atoms with Gasteiger partial charge in [-0.15, -0.1) is 5.10 Å². The number of benzene rings is 1. The second kappa shape index (κ2) is 5.86. The number of amides is 1. The molecule has 0 bridgehead atoms. The number of carbonyl (C=O) groups is 1. The lowest BCUT2D eigenvalue weighted by Gasteiger charge is -2.32. The number of hydrogen-bond donors (Lipinski definition) is 2. The molecule has 0 atom stereocenters. The van der Waals surface area contributed by atoms with E-state index in [1.165, 1.54) is 12.8 Å². The number of nitrogens with one attached hydrogen (secondary N) is 2. The predicted octanol–water partition coefficient (Wildman–Crippen LogP) is 3.03. The van der Waals surface area contributed by atoms with Crippen LogP contribution in [0.5, 0.6) is 0 Å². The van der Waals surface area contributed by atoms with Crippen molar-refractivity contribution in [2.45, 2.75) is 25.7 Å². The summed E-state index contributed by atoms with van der Waals surface area (Å²) < 4.78 is 5.69. The van der Waals surface area contributed by atoms with E-state index in [1.807, 2.05) is 35.4 Å². The van der Waals surface area contributed by atoms with Gasteiger partial charge in [0.1, 0.15) is 0 Å². The molecule has 1 aliphatic heterocycles. The van der Waals surface area contributed by atoms with Crippen LogP contribution < -0.4 is 5.32 Å². The number of aromatic nitrogens is 3. The molecular weight excluding hydrogens is 330 g/mol. The van der Waals surface area contributed by atoms with Crippen LogP contribution in [0.2, 0.25) is 0 Å². The second-order valence-electron chi connectivity index (χ2n) is 7.39. The monoisotopic (exact) mass is 351 g/mol. The third-order valence-electron chi connectivity index (χ3n) is 5.77. The summed E-state index contributed by atoms with van der Waals surface area (Å²) in [7, 11) is 0. The molecule has 0 unspecified atom stereocenters.